The third kappa shape index (κ3) is 2.58. The van der Waals surface area contributed by atoms with Gasteiger partial charge in [0.2, 0.25) is 0 Å². The Morgan fingerprint density at radius 2 is 1.68 bits per heavy atom. The molecule has 0 radical (unpaired) electrons. The number of aliphatic hydroxyl groups is 1. The van der Waals surface area contributed by atoms with Crippen LogP contribution in [0.5, 0.6) is 0 Å². The molecule has 0 aromatic heterocycles. The van der Waals surface area contributed by atoms with Gasteiger partial charge in [0.25, 0.3) is 0 Å². The molecule has 0 aliphatic heterocycles. The predicted molar refractivity (Wildman–Crippen MR) is 80.9 cm³/mol. The zero-order valence-corrected chi connectivity index (χ0v) is 13.0. The zero-order valence-electron chi connectivity index (χ0n) is 13.0. The van der Waals surface area contributed by atoms with E-state index in [1.54, 1.807) is 0 Å². The molecule has 2 unspecified atom stereocenters. The molecule has 0 aromatic rings. The molecule has 112 valence electrons. The van der Waals surface area contributed by atoms with Gasteiger partial charge in [-0.1, -0.05) is 39.5 Å². The van der Waals surface area contributed by atoms with Gasteiger partial charge in [-0.3, -0.25) is 0 Å². The first-order valence-corrected chi connectivity index (χ1v) is 8.54. The molecule has 0 bridgehead atoms. The molecule has 2 aliphatic rings. The van der Waals surface area contributed by atoms with E-state index in [4.69, 9.17) is 5.73 Å². The maximum Gasteiger partial charge on any atom is 0.0743 e. The van der Waals surface area contributed by atoms with Crippen LogP contribution in [0.15, 0.2) is 0 Å². The molecule has 2 atom stereocenters. The highest BCUT2D eigenvalue weighted by atomic mass is 16.3. The Morgan fingerprint density at radius 3 is 2.21 bits per heavy atom. The van der Waals surface area contributed by atoms with E-state index in [9.17, 15) is 5.11 Å². The van der Waals surface area contributed by atoms with Crippen molar-refractivity contribution in [1.29, 1.82) is 0 Å². The number of rotatable bonds is 4. The van der Waals surface area contributed by atoms with E-state index < -0.39 is 5.60 Å². The van der Waals surface area contributed by atoms with Gasteiger partial charge < -0.3 is 10.8 Å². The predicted octanol–water partition coefficient (Wildman–Crippen LogP) is 3.86. The van der Waals surface area contributed by atoms with Crippen LogP contribution in [0, 0.1) is 17.3 Å². The van der Waals surface area contributed by atoms with Crippen LogP contribution in [0.4, 0.5) is 0 Å². The van der Waals surface area contributed by atoms with Crippen LogP contribution in [-0.4, -0.2) is 17.3 Å². The average molecular weight is 267 g/mol. The Hall–Kier alpha value is -0.0800. The SMILES string of the molecule is CCC1CCC(CN)(C2(O)CCCCC2CC)CC1. The Balaban J connectivity index is 2.19. The second-order valence-electron chi connectivity index (χ2n) is 7.11. The summed E-state index contributed by atoms with van der Waals surface area (Å²) in [5.74, 6) is 1.34. The lowest BCUT2D eigenvalue weighted by Crippen LogP contribution is -2.59. The standard InChI is InChI=1S/C17H33NO/c1-3-14-8-11-16(13-18,12-9-14)17(19)10-6-5-7-15(17)4-2/h14-15,19H,3-13,18H2,1-2H3. The molecule has 0 aromatic carbocycles. The monoisotopic (exact) mass is 267 g/mol. The van der Waals surface area contributed by atoms with E-state index in [-0.39, 0.29) is 5.41 Å². The van der Waals surface area contributed by atoms with E-state index >= 15 is 0 Å². The fourth-order valence-electron chi connectivity index (χ4n) is 4.92. The third-order valence-electron chi connectivity index (χ3n) is 6.48. The molecule has 2 aliphatic carbocycles. The molecule has 2 saturated carbocycles. The molecule has 19 heavy (non-hydrogen) atoms. The molecular weight excluding hydrogens is 234 g/mol. The molecule has 2 rings (SSSR count). The maximum absolute atomic E-state index is 11.5. The lowest BCUT2D eigenvalue weighted by Gasteiger charge is -2.55. The number of nitrogens with two attached hydrogens (primary N) is 1. The van der Waals surface area contributed by atoms with Gasteiger partial charge in [-0.15, -0.1) is 0 Å². The summed E-state index contributed by atoms with van der Waals surface area (Å²) in [6.07, 6.45) is 11.9. The largest absolute Gasteiger partial charge is 0.389 e. The van der Waals surface area contributed by atoms with Crippen molar-refractivity contribution >= 4 is 0 Å². The topological polar surface area (TPSA) is 46.2 Å². The Bertz CT molecular complexity index is 283. The van der Waals surface area contributed by atoms with Crippen LogP contribution in [0.25, 0.3) is 0 Å². The summed E-state index contributed by atoms with van der Waals surface area (Å²) in [6.45, 7) is 5.21. The second kappa shape index (κ2) is 6.13. The van der Waals surface area contributed by atoms with Gasteiger partial charge in [0, 0.05) is 12.0 Å². The fraction of sp³-hybridized carbons (Fsp3) is 1.00. The van der Waals surface area contributed by atoms with E-state index in [0.717, 1.165) is 31.6 Å². The first-order valence-electron chi connectivity index (χ1n) is 8.54. The van der Waals surface area contributed by atoms with Crippen LogP contribution in [0.1, 0.15) is 78.1 Å². The number of hydrogen-bond acceptors (Lipinski definition) is 2. The summed E-state index contributed by atoms with van der Waals surface area (Å²) in [4.78, 5) is 0. The molecule has 0 heterocycles. The van der Waals surface area contributed by atoms with E-state index in [2.05, 4.69) is 13.8 Å². The molecule has 2 nitrogen and oxygen atoms in total. The highest BCUT2D eigenvalue weighted by Gasteiger charge is 2.54. The quantitative estimate of drug-likeness (QED) is 0.812. The fourth-order valence-corrected chi connectivity index (χ4v) is 4.92. The minimum atomic E-state index is -0.479. The Morgan fingerprint density at radius 1 is 1.00 bits per heavy atom. The molecule has 3 N–H and O–H groups in total. The van der Waals surface area contributed by atoms with Gasteiger partial charge >= 0.3 is 0 Å². The summed E-state index contributed by atoms with van der Waals surface area (Å²) in [5, 5.41) is 11.5. The van der Waals surface area contributed by atoms with Crippen molar-refractivity contribution in [2.24, 2.45) is 23.0 Å². The zero-order chi connectivity index (χ0) is 13.9. The van der Waals surface area contributed by atoms with Gasteiger partial charge in [0.1, 0.15) is 0 Å². The van der Waals surface area contributed by atoms with Crippen molar-refractivity contribution in [2.45, 2.75) is 83.7 Å². The minimum Gasteiger partial charge on any atom is -0.389 e. The van der Waals surface area contributed by atoms with Gasteiger partial charge in [-0.2, -0.15) is 0 Å². The molecule has 2 fully saturated rings. The van der Waals surface area contributed by atoms with Crippen molar-refractivity contribution < 1.29 is 5.11 Å². The summed E-state index contributed by atoms with van der Waals surface area (Å²) in [5.41, 5.74) is 5.73. The second-order valence-corrected chi connectivity index (χ2v) is 7.11. The Kier molecular flexibility index (Phi) is 4.94. The van der Waals surface area contributed by atoms with Crippen molar-refractivity contribution in [2.75, 3.05) is 6.54 Å². The van der Waals surface area contributed by atoms with E-state index in [1.807, 2.05) is 0 Å². The smallest absolute Gasteiger partial charge is 0.0743 e. The van der Waals surface area contributed by atoms with E-state index in [0.29, 0.717) is 12.5 Å². The highest BCUT2D eigenvalue weighted by molar-refractivity contribution is 5.06. The van der Waals surface area contributed by atoms with Gasteiger partial charge in [0.05, 0.1) is 5.60 Å². The minimum absolute atomic E-state index is 0.0137. The molecular formula is C17H33NO. The first kappa shape index (κ1) is 15.3. The van der Waals surface area contributed by atoms with E-state index in [1.165, 1.54) is 38.5 Å². The normalized spacial score (nSPS) is 44.2. The van der Waals surface area contributed by atoms with Crippen LogP contribution >= 0.6 is 0 Å². The summed E-state index contributed by atoms with van der Waals surface area (Å²) in [6, 6.07) is 0. The van der Waals surface area contributed by atoms with Crippen molar-refractivity contribution in [1.82, 2.24) is 0 Å². The first-order chi connectivity index (χ1) is 9.12. The van der Waals surface area contributed by atoms with Gasteiger partial charge in [-0.05, 0) is 50.4 Å². The summed E-state index contributed by atoms with van der Waals surface area (Å²) in [7, 11) is 0. The van der Waals surface area contributed by atoms with Crippen LogP contribution < -0.4 is 5.73 Å². The summed E-state index contributed by atoms with van der Waals surface area (Å²) < 4.78 is 0. The van der Waals surface area contributed by atoms with Crippen LogP contribution in [-0.2, 0) is 0 Å². The molecule has 0 spiro atoms. The van der Waals surface area contributed by atoms with Crippen LogP contribution in [0.2, 0.25) is 0 Å². The molecule has 2 heteroatoms. The maximum atomic E-state index is 11.5. The summed E-state index contributed by atoms with van der Waals surface area (Å²) >= 11 is 0. The van der Waals surface area contributed by atoms with Crippen molar-refractivity contribution in [3.63, 3.8) is 0 Å². The average Bonchev–Trinajstić information content (AvgIpc) is 2.47. The van der Waals surface area contributed by atoms with Crippen LogP contribution in [0.3, 0.4) is 0 Å². The lowest BCUT2D eigenvalue weighted by molar-refractivity contribution is -0.162. The van der Waals surface area contributed by atoms with Gasteiger partial charge in [0.15, 0.2) is 0 Å². The Labute approximate surface area is 119 Å². The molecule has 0 saturated heterocycles. The molecule has 0 amide bonds. The third-order valence-corrected chi connectivity index (χ3v) is 6.48. The highest BCUT2D eigenvalue weighted by Crippen LogP contribution is 2.54. The van der Waals surface area contributed by atoms with Gasteiger partial charge in [-0.25, -0.2) is 0 Å². The van der Waals surface area contributed by atoms with Crippen molar-refractivity contribution in [3.05, 3.63) is 0 Å². The lowest BCUT2D eigenvalue weighted by atomic mass is 9.53. The van der Waals surface area contributed by atoms with Crippen molar-refractivity contribution in [3.8, 4) is 0 Å². The number of hydrogen-bond donors (Lipinski definition) is 2.